The van der Waals surface area contributed by atoms with Crippen molar-refractivity contribution in [3.63, 3.8) is 0 Å². The molecule has 0 bridgehead atoms. The van der Waals surface area contributed by atoms with Gasteiger partial charge in [0.2, 0.25) is 0 Å². The Bertz CT molecular complexity index is 505. The number of halogens is 4. The Hall–Kier alpha value is 0.119. The number of rotatable bonds is 4. The van der Waals surface area contributed by atoms with Crippen LogP contribution in [0.15, 0.2) is 48.5 Å². The standard InChI is InChI=1S/C14H10Cl4Se/c15-13(16)9-5-1-3-7-11(9)19-12-8-4-2-6-10(12)14(17)18/h1-8,13-14H. The van der Waals surface area contributed by atoms with E-state index in [1.807, 2.05) is 48.5 Å². The first-order valence-corrected chi connectivity index (χ1v) is 8.97. The predicted molar refractivity (Wildman–Crippen MR) is 86.8 cm³/mol. The van der Waals surface area contributed by atoms with Crippen molar-refractivity contribution in [3.8, 4) is 0 Å². The van der Waals surface area contributed by atoms with Crippen LogP contribution in [0.5, 0.6) is 0 Å². The first-order chi connectivity index (χ1) is 9.09. The van der Waals surface area contributed by atoms with Crippen LogP contribution in [0.2, 0.25) is 0 Å². The molecule has 5 heteroatoms. The van der Waals surface area contributed by atoms with E-state index in [1.165, 1.54) is 0 Å². The Morgan fingerprint density at radius 1 is 0.632 bits per heavy atom. The van der Waals surface area contributed by atoms with Gasteiger partial charge >= 0.3 is 140 Å². The Labute approximate surface area is 139 Å². The minimum atomic E-state index is -0.520. The third kappa shape index (κ3) is 4.04. The molecule has 0 nitrogen and oxygen atoms in total. The van der Waals surface area contributed by atoms with Gasteiger partial charge in [0.05, 0.1) is 0 Å². The summed E-state index contributed by atoms with van der Waals surface area (Å²) in [6, 6.07) is 15.8. The van der Waals surface area contributed by atoms with Crippen LogP contribution in [0.4, 0.5) is 0 Å². The average Bonchev–Trinajstić information content (AvgIpc) is 2.39. The molecule has 0 fully saturated rings. The van der Waals surface area contributed by atoms with Crippen molar-refractivity contribution < 1.29 is 0 Å². The molecule has 0 atom stereocenters. The number of alkyl halides is 4. The van der Waals surface area contributed by atoms with Crippen molar-refractivity contribution in [2.75, 3.05) is 0 Å². The third-order valence-electron chi connectivity index (χ3n) is 2.53. The van der Waals surface area contributed by atoms with Gasteiger partial charge in [-0.05, 0) is 0 Å². The quantitative estimate of drug-likeness (QED) is 0.532. The Morgan fingerprint density at radius 2 is 1.00 bits per heavy atom. The zero-order valence-corrected chi connectivity index (χ0v) is 14.4. The summed E-state index contributed by atoms with van der Waals surface area (Å²) < 4.78 is 2.29. The summed E-state index contributed by atoms with van der Waals surface area (Å²) in [4.78, 5) is -1.04. The van der Waals surface area contributed by atoms with Crippen LogP contribution < -0.4 is 8.92 Å². The van der Waals surface area contributed by atoms with Crippen molar-refractivity contribution in [1.29, 1.82) is 0 Å². The van der Waals surface area contributed by atoms with Crippen LogP contribution in [0.3, 0.4) is 0 Å². The molecular weight excluding hydrogens is 389 g/mol. The normalized spacial score (nSPS) is 11.3. The summed E-state index contributed by atoms with van der Waals surface area (Å²) in [6.07, 6.45) is 0. The van der Waals surface area contributed by atoms with Gasteiger partial charge in [-0.2, -0.15) is 0 Å². The summed E-state index contributed by atoms with van der Waals surface area (Å²) in [7, 11) is 0. The van der Waals surface area contributed by atoms with E-state index >= 15 is 0 Å². The molecule has 100 valence electrons. The summed E-state index contributed by atoms with van der Waals surface area (Å²) in [5.74, 6) is 0. The van der Waals surface area contributed by atoms with Crippen molar-refractivity contribution in [1.82, 2.24) is 0 Å². The SMILES string of the molecule is ClC(Cl)c1ccccc1[Se]c1ccccc1C(Cl)Cl. The molecule has 2 aromatic carbocycles. The molecule has 0 aliphatic rings. The summed E-state index contributed by atoms with van der Waals surface area (Å²) in [5, 5.41) is 0. The molecule has 0 radical (unpaired) electrons. The summed E-state index contributed by atoms with van der Waals surface area (Å²) in [5.41, 5.74) is 1.89. The van der Waals surface area contributed by atoms with Crippen LogP contribution in [0, 0.1) is 0 Å². The molecule has 0 aliphatic carbocycles. The van der Waals surface area contributed by atoms with Gasteiger partial charge in [-0.25, -0.2) is 0 Å². The molecule has 0 aliphatic heterocycles. The molecular formula is C14H10Cl4Se. The first-order valence-electron chi connectivity index (χ1n) is 5.51. The maximum atomic E-state index is 6.00. The Kier molecular flexibility index (Phi) is 5.89. The molecule has 0 saturated carbocycles. The van der Waals surface area contributed by atoms with E-state index in [-0.39, 0.29) is 15.0 Å². The van der Waals surface area contributed by atoms with Gasteiger partial charge in [-0.15, -0.1) is 0 Å². The maximum absolute atomic E-state index is 6.00. The van der Waals surface area contributed by atoms with Crippen molar-refractivity contribution in [2.24, 2.45) is 0 Å². The van der Waals surface area contributed by atoms with Gasteiger partial charge in [0.25, 0.3) is 0 Å². The van der Waals surface area contributed by atoms with Crippen LogP contribution in [0.25, 0.3) is 0 Å². The number of hydrogen-bond donors (Lipinski definition) is 0. The summed E-state index contributed by atoms with van der Waals surface area (Å²) >= 11 is 24.1. The van der Waals surface area contributed by atoms with Crippen LogP contribution in [0.1, 0.15) is 20.8 Å². The average molecular weight is 399 g/mol. The van der Waals surface area contributed by atoms with E-state index in [4.69, 9.17) is 46.4 Å². The van der Waals surface area contributed by atoms with Gasteiger partial charge in [0.1, 0.15) is 0 Å². The van der Waals surface area contributed by atoms with E-state index in [0.29, 0.717) is 0 Å². The molecule has 0 heterocycles. The predicted octanol–water partition coefficient (Wildman–Crippen LogP) is 4.29. The van der Waals surface area contributed by atoms with Gasteiger partial charge in [0, 0.05) is 0 Å². The topological polar surface area (TPSA) is 0 Å². The van der Waals surface area contributed by atoms with Crippen molar-refractivity contribution in [3.05, 3.63) is 59.7 Å². The second kappa shape index (κ2) is 7.22. The second-order valence-corrected chi connectivity index (χ2v) is 8.25. The molecule has 19 heavy (non-hydrogen) atoms. The molecule has 0 spiro atoms. The fourth-order valence-corrected chi connectivity index (χ4v) is 5.36. The fourth-order valence-electron chi connectivity index (χ4n) is 1.63. The van der Waals surface area contributed by atoms with Gasteiger partial charge in [0.15, 0.2) is 0 Å². The van der Waals surface area contributed by atoms with E-state index in [1.54, 1.807) is 0 Å². The zero-order valence-electron chi connectivity index (χ0n) is 9.69. The molecule has 0 unspecified atom stereocenters. The van der Waals surface area contributed by atoms with Gasteiger partial charge in [-0.1, -0.05) is 0 Å². The molecule has 0 amide bonds. The van der Waals surface area contributed by atoms with E-state index < -0.39 is 9.67 Å². The van der Waals surface area contributed by atoms with Crippen LogP contribution >= 0.6 is 46.4 Å². The second-order valence-electron chi connectivity index (χ2n) is 3.78. The molecule has 2 rings (SSSR count). The van der Waals surface area contributed by atoms with E-state index in [0.717, 1.165) is 20.1 Å². The Morgan fingerprint density at radius 3 is 1.37 bits per heavy atom. The van der Waals surface area contributed by atoms with Gasteiger partial charge in [-0.3, -0.25) is 0 Å². The van der Waals surface area contributed by atoms with E-state index in [9.17, 15) is 0 Å². The van der Waals surface area contributed by atoms with Gasteiger partial charge < -0.3 is 0 Å². The third-order valence-corrected chi connectivity index (χ3v) is 5.95. The first kappa shape index (κ1) is 15.5. The van der Waals surface area contributed by atoms with E-state index in [2.05, 4.69) is 0 Å². The van der Waals surface area contributed by atoms with Crippen molar-refractivity contribution >= 4 is 70.3 Å². The molecule has 0 aromatic heterocycles. The van der Waals surface area contributed by atoms with Crippen LogP contribution in [-0.4, -0.2) is 15.0 Å². The minimum absolute atomic E-state index is 0.0667. The Balaban J connectivity index is 2.37. The monoisotopic (exact) mass is 398 g/mol. The number of hydrogen-bond acceptors (Lipinski definition) is 0. The molecule has 0 saturated heterocycles. The zero-order chi connectivity index (χ0) is 13.8. The van der Waals surface area contributed by atoms with Crippen LogP contribution in [-0.2, 0) is 0 Å². The molecule has 2 aromatic rings. The number of benzene rings is 2. The fraction of sp³-hybridized carbons (Fsp3) is 0.143. The van der Waals surface area contributed by atoms with Crippen molar-refractivity contribution in [2.45, 2.75) is 9.67 Å². The molecule has 0 N–H and O–H groups in total. The summed E-state index contributed by atoms with van der Waals surface area (Å²) in [6.45, 7) is 0.